The number of rotatable bonds is 2. The third kappa shape index (κ3) is 25.6. The van der Waals surface area contributed by atoms with Crippen LogP contribution in [0.3, 0.4) is 0 Å². The molecule has 1 aromatic heterocycles. The maximum absolute atomic E-state index is 10.7. The van der Waals surface area contributed by atoms with Crippen LogP contribution in [0.2, 0.25) is 0 Å². The van der Waals surface area contributed by atoms with Crippen LogP contribution in [-0.4, -0.2) is 110 Å². The van der Waals surface area contributed by atoms with Crippen LogP contribution in [-0.2, 0) is 43.6 Å². The van der Waals surface area contributed by atoms with E-state index in [1.54, 1.807) is 24.4 Å². The van der Waals surface area contributed by atoms with Gasteiger partial charge < -0.3 is 18.9 Å². The van der Waals surface area contributed by atoms with Gasteiger partial charge in [0.2, 0.25) is 0 Å². The van der Waals surface area contributed by atoms with Gasteiger partial charge >= 0.3 is 27.8 Å². The number of alkyl halides is 6. The molecule has 2 heterocycles. The first-order valence-electron chi connectivity index (χ1n) is 11.1. The Balaban J connectivity index is -0.000000276. The van der Waals surface area contributed by atoms with E-state index in [0.29, 0.717) is 5.56 Å². The van der Waals surface area contributed by atoms with Crippen molar-refractivity contribution in [2.24, 2.45) is 0 Å². The molecule has 0 aliphatic carbocycles. The van der Waals surface area contributed by atoms with E-state index in [9.17, 15) is 26.3 Å². The van der Waals surface area contributed by atoms with Crippen LogP contribution < -0.4 is 0 Å². The third-order valence-corrected chi connectivity index (χ3v) is 5.49. The first kappa shape index (κ1) is 47.3. The molecule has 1 aromatic rings. The Morgan fingerprint density at radius 1 is 0.814 bits per heavy atom. The van der Waals surface area contributed by atoms with Gasteiger partial charge in [-0.15, -0.1) is 0 Å². The fourth-order valence-electron chi connectivity index (χ4n) is 2.32. The SMILES string of the molecule is CC#N.CC#N.CN1CCN(C)CCN(Cc2cc(C#N)ccn2)CC1.O=S(=O)([O-])C(F)(F)F.O=S(=O)([O-])C(F)(F)F.[Co+2]. The minimum absolute atomic E-state index is 0. The van der Waals surface area contributed by atoms with E-state index in [1.807, 2.05) is 6.07 Å². The number of likely N-dealkylation sites (N-methyl/N-ethyl adjacent to an activating group) is 2. The summed E-state index contributed by atoms with van der Waals surface area (Å²) in [5, 5.41) is 23.6. The molecule has 0 bridgehead atoms. The molecule has 1 aliphatic rings. The monoisotopic (exact) mass is 712 g/mol. The minimum Gasteiger partial charge on any atom is -0.741 e. The van der Waals surface area contributed by atoms with Crippen molar-refractivity contribution in [3.63, 3.8) is 0 Å². The predicted octanol–water partition coefficient (Wildman–Crippen LogP) is 1.79. The molecule has 1 saturated heterocycles. The van der Waals surface area contributed by atoms with Crippen molar-refractivity contribution < 1.29 is 69.1 Å². The van der Waals surface area contributed by atoms with Crippen molar-refractivity contribution >= 4 is 20.2 Å². The first-order valence-corrected chi connectivity index (χ1v) is 13.9. The molecule has 13 nitrogen and oxygen atoms in total. The second-order valence-corrected chi connectivity index (χ2v) is 10.5. The van der Waals surface area contributed by atoms with Gasteiger partial charge in [-0.3, -0.25) is 9.88 Å². The summed E-state index contributed by atoms with van der Waals surface area (Å²) >= 11 is 0. The average molecular weight is 713 g/mol. The van der Waals surface area contributed by atoms with E-state index in [2.05, 4.69) is 39.8 Å². The van der Waals surface area contributed by atoms with Crippen LogP contribution in [0.1, 0.15) is 25.1 Å². The van der Waals surface area contributed by atoms with E-state index in [1.165, 1.54) is 13.8 Å². The summed E-state index contributed by atoms with van der Waals surface area (Å²) in [7, 11) is -7.84. The molecule has 2 rings (SSSR count). The Morgan fingerprint density at radius 3 is 1.40 bits per heavy atom. The second-order valence-electron chi connectivity index (χ2n) is 7.78. The number of hydrogen-bond donors (Lipinski definition) is 0. The molecule has 0 spiro atoms. The molecule has 22 heteroatoms. The molecule has 0 atom stereocenters. The maximum atomic E-state index is 10.7. The van der Waals surface area contributed by atoms with Crippen molar-refractivity contribution in [2.45, 2.75) is 31.4 Å². The summed E-state index contributed by atoms with van der Waals surface area (Å²) in [6, 6.07) is 9.32. The van der Waals surface area contributed by atoms with E-state index in [4.69, 9.17) is 41.7 Å². The van der Waals surface area contributed by atoms with Crippen LogP contribution in [0.4, 0.5) is 26.3 Å². The predicted molar refractivity (Wildman–Crippen MR) is 133 cm³/mol. The topological polar surface area (TPSA) is 208 Å². The van der Waals surface area contributed by atoms with Crippen molar-refractivity contribution in [1.29, 1.82) is 15.8 Å². The van der Waals surface area contributed by atoms with Crippen LogP contribution in [0, 0.1) is 34.0 Å². The van der Waals surface area contributed by atoms with Gasteiger partial charge in [0, 0.05) is 65.9 Å². The Bertz CT molecular complexity index is 1200. The van der Waals surface area contributed by atoms with Crippen molar-refractivity contribution in [3.8, 4) is 18.2 Å². The van der Waals surface area contributed by atoms with Gasteiger partial charge in [0.1, 0.15) is 0 Å². The summed E-state index contributed by atoms with van der Waals surface area (Å²) in [5.74, 6) is 0. The number of hydrogen-bond acceptors (Lipinski definition) is 13. The summed E-state index contributed by atoms with van der Waals surface area (Å²) < 4.78 is 118. The molecule has 0 aromatic carbocycles. The van der Waals surface area contributed by atoms with E-state index >= 15 is 0 Å². The molecule has 0 unspecified atom stereocenters. The summed E-state index contributed by atoms with van der Waals surface area (Å²) in [6.07, 6.45) is 1.72. The zero-order chi connectivity index (χ0) is 33.8. The zero-order valence-corrected chi connectivity index (χ0v) is 25.9. The van der Waals surface area contributed by atoms with Gasteiger partial charge in [-0.2, -0.15) is 42.1 Å². The molecule has 1 aliphatic heterocycles. The number of aromatic nitrogens is 1. The molecule has 43 heavy (non-hydrogen) atoms. The molecule has 0 saturated carbocycles. The van der Waals surface area contributed by atoms with E-state index < -0.39 is 31.3 Å². The van der Waals surface area contributed by atoms with Crippen molar-refractivity contribution in [1.82, 2.24) is 19.7 Å². The Hall–Kier alpha value is -2.59. The zero-order valence-electron chi connectivity index (χ0n) is 23.2. The quantitative estimate of drug-likeness (QED) is 0.244. The Labute approximate surface area is 257 Å². The minimum atomic E-state index is -6.09. The summed E-state index contributed by atoms with van der Waals surface area (Å²) in [6.45, 7) is 10.2. The van der Waals surface area contributed by atoms with Crippen LogP contribution in [0.5, 0.6) is 0 Å². The summed E-state index contributed by atoms with van der Waals surface area (Å²) in [5.41, 5.74) is -9.62. The van der Waals surface area contributed by atoms with Gasteiger partial charge in [0.15, 0.2) is 20.2 Å². The standard InChI is InChI=1S/C15H23N5.2C2H3N.2CHF3O3S.Co/c1-18-5-6-19(2)8-10-20(9-7-18)13-15-11-14(12-16)3-4-17-15;2*1-2-3;2*2-1(3,4)8(5,6)7;/h3-4,11H,5-10,13H2,1-2H3;2*1H3;2*(H,5,6,7);/q;;;;;+2/p-2. The Kier molecular flexibility index (Phi) is 25.2. The van der Waals surface area contributed by atoms with Crippen molar-refractivity contribution in [3.05, 3.63) is 29.6 Å². The normalized spacial score (nSPS) is 14.8. The van der Waals surface area contributed by atoms with E-state index in [-0.39, 0.29) is 16.8 Å². The van der Waals surface area contributed by atoms with Gasteiger partial charge in [-0.05, 0) is 26.2 Å². The third-order valence-electron chi connectivity index (χ3n) is 4.36. The van der Waals surface area contributed by atoms with Gasteiger partial charge in [0.25, 0.3) is 0 Å². The number of pyridine rings is 1. The van der Waals surface area contributed by atoms with Gasteiger partial charge in [0.05, 0.1) is 29.5 Å². The summed E-state index contributed by atoms with van der Waals surface area (Å²) in [4.78, 5) is 11.5. The second kappa shape index (κ2) is 22.9. The first-order chi connectivity index (χ1) is 19.0. The maximum Gasteiger partial charge on any atom is 2.00 e. The van der Waals surface area contributed by atoms with Crippen LogP contribution >= 0.6 is 0 Å². The van der Waals surface area contributed by atoms with Crippen molar-refractivity contribution in [2.75, 3.05) is 53.4 Å². The largest absolute Gasteiger partial charge is 2.00 e. The molecule has 0 N–H and O–H groups in total. The van der Waals surface area contributed by atoms with Gasteiger partial charge in [-0.1, -0.05) is 0 Å². The number of nitrogens with zero attached hydrogens (tertiary/aromatic N) is 7. The average Bonchev–Trinajstić information content (AvgIpc) is 2.90. The van der Waals surface area contributed by atoms with Crippen LogP contribution in [0.25, 0.3) is 0 Å². The van der Waals surface area contributed by atoms with E-state index in [0.717, 1.165) is 51.5 Å². The molecule has 1 fully saturated rings. The molecule has 247 valence electrons. The molecule has 1 radical (unpaired) electrons. The Morgan fingerprint density at radius 2 is 1.12 bits per heavy atom. The van der Waals surface area contributed by atoms with Gasteiger partial charge in [-0.25, -0.2) is 16.8 Å². The number of halogens is 6. The van der Waals surface area contributed by atoms with Crippen LogP contribution in [0.15, 0.2) is 18.3 Å². The molecular weight excluding hydrogens is 683 g/mol. The fraction of sp³-hybridized carbons (Fsp3) is 0.619. The molecular formula is C21H29CoF6N7O6S2. The molecule has 0 amide bonds. The fourth-order valence-corrected chi connectivity index (χ4v) is 2.32. The smallest absolute Gasteiger partial charge is 0.741 e. The number of nitriles is 3.